The number of amides is 1. The van der Waals surface area contributed by atoms with E-state index < -0.39 is 5.82 Å². The molecule has 38 heavy (non-hydrogen) atoms. The van der Waals surface area contributed by atoms with Crippen molar-refractivity contribution in [2.45, 2.75) is 58.4 Å². The number of rotatable bonds is 7. The molecule has 0 saturated heterocycles. The van der Waals surface area contributed by atoms with Gasteiger partial charge in [0.2, 0.25) is 0 Å². The molecule has 0 spiro atoms. The van der Waals surface area contributed by atoms with Crippen LogP contribution in [0.2, 0.25) is 0 Å². The van der Waals surface area contributed by atoms with Gasteiger partial charge in [-0.25, -0.2) is 4.39 Å². The molecule has 1 aliphatic rings. The van der Waals surface area contributed by atoms with Crippen molar-refractivity contribution in [1.82, 2.24) is 10.3 Å². The summed E-state index contributed by atoms with van der Waals surface area (Å²) in [5, 5.41) is 3.91. The van der Waals surface area contributed by atoms with E-state index in [0.717, 1.165) is 48.1 Å². The Morgan fingerprint density at radius 2 is 1.68 bits per heavy atom. The van der Waals surface area contributed by atoms with E-state index in [1.807, 2.05) is 37.3 Å². The second-order valence-electron chi connectivity index (χ2n) is 10.4. The Bertz CT molecular complexity index is 1460. The molecule has 0 unspecified atom stereocenters. The summed E-state index contributed by atoms with van der Waals surface area (Å²) < 4.78 is 15.3. The monoisotopic (exact) mass is 508 g/mol. The first-order chi connectivity index (χ1) is 18.4. The molecule has 1 saturated carbocycles. The molecule has 194 valence electrons. The molecule has 5 rings (SSSR count). The lowest BCUT2D eigenvalue weighted by atomic mass is 9.87. The van der Waals surface area contributed by atoms with Gasteiger partial charge in [-0.3, -0.25) is 14.6 Å². The lowest BCUT2D eigenvalue weighted by Crippen LogP contribution is -2.37. The number of fused-ring (bicyclic) bond motifs is 1. The maximum Gasteiger partial charge on any atom is 0.251 e. The smallest absolute Gasteiger partial charge is 0.251 e. The van der Waals surface area contributed by atoms with Crippen molar-refractivity contribution in [2.75, 3.05) is 0 Å². The summed E-state index contributed by atoms with van der Waals surface area (Å²) >= 11 is 0. The van der Waals surface area contributed by atoms with E-state index >= 15 is 4.39 Å². The van der Waals surface area contributed by atoms with Crippen LogP contribution >= 0.6 is 0 Å². The zero-order valence-corrected chi connectivity index (χ0v) is 22.0. The molecular formula is C33H33FN2O2. The van der Waals surface area contributed by atoms with Crippen LogP contribution in [0.15, 0.2) is 72.9 Å². The molecule has 1 amide bonds. The Morgan fingerprint density at radius 3 is 2.37 bits per heavy atom. The summed E-state index contributed by atoms with van der Waals surface area (Å²) in [7, 11) is 0. The van der Waals surface area contributed by atoms with E-state index in [2.05, 4.69) is 17.2 Å². The number of benzene rings is 3. The van der Waals surface area contributed by atoms with Gasteiger partial charge in [-0.2, -0.15) is 0 Å². The third-order valence-corrected chi connectivity index (χ3v) is 7.72. The minimum absolute atomic E-state index is 0.0130. The fourth-order valence-corrected chi connectivity index (χ4v) is 5.39. The van der Waals surface area contributed by atoms with Crippen LogP contribution < -0.4 is 5.32 Å². The fourth-order valence-electron chi connectivity index (χ4n) is 5.39. The van der Waals surface area contributed by atoms with Crippen LogP contribution in [0, 0.1) is 11.7 Å². The van der Waals surface area contributed by atoms with E-state index in [0.29, 0.717) is 40.6 Å². The molecule has 0 bridgehead atoms. The van der Waals surface area contributed by atoms with Gasteiger partial charge in [-0.1, -0.05) is 56.3 Å². The number of nitrogens with one attached hydrogen (secondary N) is 1. The number of pyridine rings is 1. The van der Waals surface area contributed by atoms with Gasteiger partial charge in [-0.15, -0.1) is 0 Å². The minimum atomic E-state index is -0.390. The van der Waals surface area contributed by atoms with Crippen molar-refractivity contribution in [1.29, 1.82) is 0 Å². The van der Waals surface area contributed by atoms with Crippen molar-refractivity contribution >= 4 is 22.6 Å². The summed E-state index contributed by atoms with van der Waals surface area (Å²) in [6.07, 6.45) is 6.78. The second kappa shape index (κ2) is 11.3. The van der Waals surface area contributed by atoms with Crippen LogP contribution in [0.1, 0.15) is 77.8 Å². The number of aromatic nitrogens is 1. The first-order valence-corrected chi connectivity index (χ1v) is 13.5. The van der Waals surface area contributed by atoms with Crippen LogP contribution in [0.25, 0.3) is 22.0 Å². The third-order valence-electron chi connectivity index (χ3n) is 7.72. The normalized spacial score (nSPS) is 17.3. The van der Waals surface area contributed by atoms with E-state index in [1.165, 1.54) is 6.07 Å². The highest BCUT2D eigenvalue weighted by Gasteiger charge is 2.21. The number of hydrogen-bond acceptors (Lipinski definition) is 3. The first kappa shape index (κ1) is 25.8. The molecule has 1 fully saturated rings. The van der Waals surface area contributed by atoms with Gasteiger partial charge in [0.1, 0.15) is 5.82 Å². The molecule has 4 aromatic rings. The number of nitrogens with zero attached hydrogens (tertiary/aromatic N) is 1. The standard InChI is InChI=1S/C33H33FN2O2/c1-3-32(37)29-20-35-31-19-30(34)26(18-28(31)27(29)17-22-7-5-4-6-8-22)23-11-13-24(14-12-23)33(38)36-25-15-9-21(2)10-16-25/h4-8,11-14,18-21,25H,3,9-10,15-17H2,1-2H3,(H,36,38). The fraction of sp³-hybridized carbons (Fsp3) is 0.303. The van der Waals surface area contributed by atoms with Gasteiger partial charge in [-0.05, 0) is 72.9 Å². The van der Waals surface area contributed by atoms with Gasteiger partial charge < -0.3 is 5.32 Å². The molecule has 0 atom stereocenters. The third kappa shape index (κ3) is 5.52. The molecule has 1 heterocycles. The average molecular weight is 509 g/mol. The molecule has 1 aliphatic carbocycles. The number of hydrogen-bond donors (Lipinski definition) is 1. The van der Waals surface area contributed by atoms with E-state index in [1.54, 1.807) is 36.5 Å². The average Bonchev–Trinajstić information content (AvgIpc) is 2.94. The largest absolute Gasteiger partial charge is 0.349 e. The molecule has 1 aromatic heterocycles. The number of ketones is 1. The molecule has 1 N–H and O–H groups in total. The molecule has 0 radical (unpaired) electrons. The number of carbonyl (C=O) groups excluding carboxylic acids is 2. The topological polar surface area (TPSA) is 59.1 Å². The van der Waals surface area contributed by atoms with E-state index in [4.69, 9.17) is 0 Å². The van der Waals surface area contributed by atoms with Gasteiger partial charge in [0.15, 0.2) is 5.78 Å². The maximum atomic E-state index is 15.3. The molecule has 4 nitrogen and oxygen atoms in total. The minimum Gasteiger partial charge on any atom is -0.349 e. The predicted octanol–water partition coefficient (Wildman–Crippen LogP) is 7.53. The summed E-state index contributed by atoms with van der Waals surface area (Å²) in [6.45, 7) is 4.09. The predicted molar refractivity (Wildman–Crippen MR) is 150 cm³/mol. The summed E-state index contributed by atoms with van der Waals surface area (Å²) in [4.78, 5) is 30.0. The van der Waals surface area contributed by atoms with Gasteiger partial charge in [0.25, 0.3) is 5.91 Å². The lowest BCUT2D eigenvalue weighted by Gasteiger charge is -2.26. The second-order valence-corrected chi connectivity index (χ2v) is 10.4. The van der Waals surface area contributed by atoms with Crippen LogP contribution in [0.5, 0.6) is 0 Å². The van der Waals surface area contributed by atoms with Crippen LogP contribution in [0.4, 0.5) is 4.39 Å². The van der Waals surface area contributed by atoms with E-state index in [9.17, 15) is 9.59 Å². The van der Waals surface area contributed by atoms with Gasteiger partial charge in [0, 0.05) is 46.8 Å². The Balaban J connectivity index is 1.48. The highest BCUT2D eigenvalue weighted by atomic mass is 19.1. The highest BCUT2D eigenvalue weighted by molar-refractivity contribution is 6.02. The quantitative estimate of drug-likeness (QED) is 0.263. The highest BCUT2D eigenvalue weighted by Crippen LogP contribution is 2.32. The number of halogens is 1. The Hall–Kier alpha value is -3.86. The lowest BCUT2D eigenvalue weighted by molar-refractivity contribution is 0.0922. The van der Waals surface area contributed by atoms with Crippen LogP contribution in [-0.4, -0.2) is 22.7 Å². The van der Waals surface area contributed by atoms with Crippen molar-refractivity contribution < 1.29 is 14.0 Å². The molecule has 5 heteroatoms. The zero-order chi connectivity index (χ0) is 26.6. The number of carbonyl (C=O) groups is 2. The van der Waals surface area contributed by atoms with Gasteiger partial charge in [0.05, 0.1) is 5.52 Å². The first-order valence-electron chi connectivity index (χ1n) is 13.5. The molecule has 0 aliphatic heterocycles. The van der Waals surface area contributed by atoms with Crippen molar-refractivity contribution in [3.05, 3.63) is 101 Å². The molecular weight excluding hydrogens is 475 g/mol. The summed E-state index contributed by atoms with van der Waals surface area (Å²) in [5.74, 6) is 0.253. The van der Waals surface area contributed by atoms with Crippen molar-refractivity contribution in [3.8, 4) is 11.1 Å². The number of Topliss-reactive ketones (excluding diaryl/α,β-unsaturated/α-hetero) is 1. The SMILES string of the molecule is CCC(=O)c1cnc2cc(F)c(-c3ccc(C(=O)NC4CCC(C)CC4)cc3)cc2c1Cc1ccccc1. The van der Waals surface area contributed by atoms with E-state index in [-0.39, 0.29) is 17.7 Å². The van der Waals surface area contributed by atoms with Crippen molar-refractivity contribution in [3.63, 3.8) is 0 Å². The molecule has 3 aromatic carbocycles. The Morgan fingerprint density at radius 1 is 0.974 bits per heavy atom. The zero-order valence-electron chi connectivity index (χ0n) is 22.0. The van der Waals surface area contributed by atoms with Crippen LogP contribution in [-0.2, 0) is 6.42 Å². The Kier molecular flexibility index (Phi) is 7.64. The summed E-state index contributed by atoms with van der Waals surface area (Å²) in [6, 6.07) is 20.5. The van der Waals surface area contributed by atoms with Crippen molar-refractivity contribution in [2.24, 2.45) is 5.92 Å². The van der Waals surface area contributed by atoms with Crippen LogP contribution in [0.3, 0.4) is 0 Å². The summed E-state index contributed by atoms with van der Waals surface area (Å²) in [5.41, 5.74) is 4.67. The van der Waals surface area contributed by atoms with Gasteiger partial charge >= 0.3 is 0 Å². The Labute approximate surface area is 223 Å². The maximum absolute atomic E-state index is 15.3.